The van der Waals surface area contributed by atoms with Gasteiger partial charge in [0.15, 0.2) is 0 Å². The molecule has 2 saturated heterocycles. The minimum absolute atomic E-state index is 0.232. The summed E-state index contributed by atoms with van der Waals surface area (Å²) in [6, 6.07) is 7.35. The first-order valence-corrected chi connectivity index (χ1v) is 8.74. The number of nitrogens with one attached hydrogen (secondary N) is 1. The first kappa shape index (κ1) is 18.4. The molecule has 3 rings (SSSR count). The number of nitrogens with zero attached hydrogens (tertiary/aromatic N) is 2. The monoisotopic (exact) mass is 359 g/mol. The first-order valence-electron chi connectivity index (χ1n) is 8.74. The molecule has 1 aromatic rings. The number of anilines is 1. The third kappa shape index (κ3) is 2.49. The fourth-order valence-electron chi connectivity index (χ4n) is 4.18. The SMILES string of the molecule is CCN1C(=O)[C@H]2[C@@H](C1=O)[C@@](C)(C(=O)OC)N[C@H]2c1ccc(N(C)C)cc1. The number of carbonyl (C=O) groups is 3. The van der Waals surface area contributed by atoms with E-state index in [1.54, 1.807) is 13.8 Å². The van der Waals surface area contributed by atoms with E-state index in [2.05, 4.69) is 5.32 Å². The van der Waals surface area contributed by atoms with Crippen LogP contribution in [0.3, 0.4) is 0 Å². The first-order chi connectivity index (χ1) is 12.3. The van der Waals surface area contributed by atoms with E-state index in [1.807, 2.05) is 43.3 Å². The number of carbonyl (C=O) groups excluding carboxylic acids is 3. The molecule has 4 atom stereocenters. The van der Waals surface area contributed by atoms with Crippen molar-refractivity contribution in [1.82, 2.24) is 10.2 Å². The maximum atomic E-state index is 12.9. The number of rotatable bonds is 4. The van der Waals surface area contributed by atoms with Crippen LogP contribution < -0.4 is 10.2 Å². The number of fused-ring (bicyclic) bond motifs is 1. The van der Waals surface area contributed by atoms with Crippen molar-refractivity contribution in [3.05, 3.63) is 29.8 Å². The Morgan fingerprint density at radius 1 is 1.23 bits per heavy atom. The van der Waals surface area contributed by atoms with Crippen molar-refractivity contribution in [3.8, 4) is 0 Å². The molecule has 2 fully saturated rings. The normalized spacial score (nSPS) is 30.5. The predicted molar refractivity (Wildman–Crippen MR) is 96.4 cm³/mol. The Morgan fingerprint density at radius 2 is 1.85 bits per heavy atom. The highest BCUT2D eigenvalue weighted by molar-refractivity contribution is 6.09. The second-order valence-corrected chi connectivity index (χ2v) is 7.23. The van der Waals surface area contributed by atoms with Crippen molar-refractivity contribution >= 4 is 23.5 Å². The summed E-state index contributed by atoms with van der Waals surface area (Å²) in [6.07, 6.45) is 0. The lowest BCUT2D eigenvalue weighted by atomic mass is 9.80. The fraction of sp³-hybridized carbons (Fsp3) is 0.526. The lowest BCUT2D eigenvalue weighted by molar-refractivity contribution is -0.153. The van der Waals surface area contributed by atoms with Crippen LogP contribution in [-0.2, 0) is 19.1 Å². The maximum absolute atomic E-state index is 12.9. The molecule has 2 aliphatic heterocycles. The Kier molecular flexibility index (Phi) is 4.52. The Morgan fingerprint density at radius 3 is 2.35 bits per heavy atom. The van der Waals surface area contributed by atoms with Gasteiger partial charge in [-0.25, -0.2) is 0 Å². The van der Waals surface area contributed by atoms with Crippen molar-refractivity contribution in [2.75, 3.05) is 32.6 Å². The van der Waals surface area contributed by atoms with Gasteiger partial charge in [0, 0.05) is 32.4 Å². The summed E-state index contributed by atoms with van der Waals surface area (Å²) in [4.78, 5) is 41.4. The summed E-state index contributed by atoms with van der Waals surface area (Å²) >= 11 is 0. The molecular weight excluding hydrogens is 334 g/mol. The predicted octanol–water partition coefficient (Wildman–Crippen LogP) is 0.950. The molecule has 0 radical (unpaired) electrons. The highest BCUT2D eigenvalue weighted by Gasteiger charge is 2.66. The van der Waals surface area contributed by atoms with Crippen LogP contribution in [0.25, 0.3) is 0 Å². The molecule has 0 aliphatic carbocycles. The molecule has 0 spiro atoms. The van der Waals surface area contributed by atoms with E-state index in [1.165, 1.54) is 12.0 Å². The molecule has 0 saturated carbocycles. The van der Waals surface area contributed by atoms with Gasteiger partial charge in [0.25, 0.3) is 0 Å². The third-order valence-corrected chi connectivity index (χ3v) is 5.57. The number of benzene rings is 1. The quantitative estimate of drug-likeness (QED) is 0.637. The van der Waals surface area contributed by atoms with Gasteiger partial charge in [-0.3, -0.25) is 24.6 Å². The lowest BCUT2D eigenvalue weighted by Gasteiger charge is -2.28. The Hall–Kier alpha value is -2.41. The van der Waals surface area contributed by atoms with Gasteiger partial charge < -0.3 is 9.64 Å². The Labute approximate surface area is 153 Å². The molecule has 7 heteroatoms. The van der Waals surface area contributed by atoms with E-state index in [0.29, 0.717) is 6.54 Å². The molecule has 7 nitrogen and oxygen atoms in total. The van der Waals surface area contributed by atoms with Crippen LogP contribution >= 0.6 is 0 Å². The van der Waals surface area contributed by atoms with Crippen LogP contribution in [0.5, 0.6) is 0 Å². The average Bonchev–Trinajstić information content (AvgIpc) is 3.08. The Bertz CT molecular complexity index is 746. The maximum Gasteiger partial charge on any atom is 0.326 e. The molecule has 0 aromatic heterocycles. The second kappa shape index (κ2) is 6.39. The zero-order chi connectivity index (χ0) is 19.2. The summed E-state index contributed by atoms with van der Waals surface area (Å²) in [7, 11) is 5.19. The number of methoxy groups -OCH3 is 1. The fourth-order valence-corrected chi connectivity index (χ4v) is 4.18. The molecule has 0 unspecified atom stereocenters. The van der Waals surface area contributed by atoms with Crippen LogP contribution in [0.15, 0.2) is 24.3 Å². The smallest absolute Gasteiger partial charge is 0.326 e. The van der Waals surface area contributed by atoms with E-state index < -0.39 is 29.4 Å². The summed E-state index contributed by atoms with van der Waals surface area (Å²) in [5.74, 6) is -2.45. The minimum atomic E-state index is -1.24. The average molecular weight is 359 g/mol. The number of imide groups is 1. The molecule has 2 aliphatic rings. The van der Waals surface area contributed by atoms with Gasteiger partial charge in [-0.2, -0.15) is 0 Å². The van der Waals surface area contributed by atoms with Gasteiger partial charge in [-0.05, 0) is 31.5 Å². The number of esters is 1. The van der Waals surface area contributed by atoms with Crippen LogP contribution in [0.1, 0.15) is 25.5 Å². The lowest BCUT2D eigenvalue weighted by Crippen LogP contribution is -2.53. The van der Waals surface area contributed by atoms with E-state index >= 15 is 0 Å². The minimum Gasteiger partial charge on any atom is -0.468 e. The van der Waals surface area contributed by atoms with Gasteiger partial charge >= 0.3 is 5.97 Å². The third-order valence-electron chi connectivity index (χ3n) is 5.57. The van der Waals surface area contributed by atoms with Crippen molar-refractivity contribution in [2.45, 2.75) is 25.4 Å². The van der Waals surface area contributed by atoms with Crippen LogP contribution in [-0.4, -0.2) is 56.0 Å². The van der Waals surface area contributed by atoms with E-state index in [-0.39, 0.29) is 11.8 Å². The molecule has 26 heavy (non-hydrogen) atoms. The second-order valence-electron chi connectivity index (χ2n) is 7.23. The molecule has 0 bridgehead atoms. The van der Waals surface area contributed by atoms with Gasteiger partial charge in [-0.15, -0.1) is 0 Å². The summed E-state index contributed by atoms with van der Waals surface area (Å²) in [5, 5.41) is 3.23. The van der Waals surface area contributed by atoms with Crippen LogP contribution in [0, 0.1) is 11.8 Å². The van der Waals surface area contributed by atoms with Gasteiger partial charge in [0.1, 0.15) is 5.54 Å². The van der Waals surface area contributed by atoms with E-state index in [9.17, 15) is 14.4 Å². The molecule has 1 N–H and O–H groups in total. The van der Waals surface area contributed by atoms with Crippen LogP contribution in [0.2, 0.25) is 0 Å². The van der Waals surface area contributed by atoms with Gasteiger partial charge in [0.05, 0.1) is 18.9 Å². The molecule has 2 heterocycles. The molecular formula is C19H25N3O4. The summed E-state index contributed by atoms with van der Waals surface area (Å²) in [5.41, 5.74) is 0.668. The Balaban J connectivity index is 2.05. The van der Waals surface area contributed by atoms with Crippen molar-refractivity contribution in [2.24, 2.45) is 11.8 Å². The standard InChI is InChI=1S/C19H25N3O4/c1-6-22-16(23)13-14(17(22)24)19(2,18(25)26-5)20-15(13)11-7-9-12(10-8-11)21(3)4/h7-10,13-15,20H,6H2,1-5H3/t13-,14-,15-,19-/m0/s1. The zero-order valence-electron chi connectivity index (χ0n) is 15.8. The highest BCUT2D eigenvalue weighted by atomic mass is 16.5. The molecule has 2 amide bonds. The number of amides is 2. The van der Waals surface area contributed by atoms with Crippen molar-refractivity contribution in [1.29, 1.82) is 0 Å². The number of hydrogen-bond acceptors (Lipinski definition) is 6. The van der Waals surface area contributed by atoms with Crippen molar-refractivity contribution in [3.63, 3.8) is 0 Å². The van der Waals surface area contributed by atoms with Crippen molar-refractivity contribution < 1.29 is 19.1 Å². The van der Waals surface area contributed by atoms with E-state index in [0.717, 1.165) is 11.3 Å². The number of hydrogen-bond donors (Lipinski definition) is 1. The molecule has 140 valence electrons. The van der Waals surface area contributed by atoms with Crippen LogP contribution in [0.4, 0.5) is 5.69 Å². The summed E-state index contributed by atoms with van der Waals surface area (Å²) < 4.78 is 4.94. The van der Waals surface area contributed by atoms with Gasteiger partial charge in [0.2, 0.25) is 11.8 Å². The van der Waals surface area contributed by atoms with E-state index in [4.69, 9.17) is 4.74 Å². The largest absolute Gasteiger partial charge is 0.468 e. The summed E-state index contributed by atoms with van der Waals surface area (Å²) in [6.45, 7) is 3.71. The topological polar surface area (TPSA) is 79.0 Å². The number of ether oxygens (including phenoxy) is 1. The molecule has 1 aromatic carbocycles. The zero-order valence-corrected chi connectivity index (χ0v) is 15.8. The van der Waals surface area contributed by atoms with Gasteiger partial charge in [-0.1, -0.05) is 12.1 Å². The number of likely N-dealkylation sites (tertiary alicyclic amines) is 1. The highest BCUT2D eigenvalue weighted by Crippen LogP contribution is 2.49.